The lowest BCUT2D eigenvalue weighted by Crippen LogP contribution is -2.28. The third kappa shape index (κ3) is 3.15. The molecule has 0 aliphatic rings. The van der Waals surface area contributed by atoms with Crippen molar-refractivity contribution in [3.8, 4) is 11.3 Å². The van der Waals surface area contributed by atoms with E-state index in [2.05, 4.69) is 25.5 Å². The minimum absolute atomic E-state index is 0.108. The maximum Gasteiger partial charge on any atom is 0.259 e. The summed E-state index contributed by atoms with van der Waals surface area (Å²) in [5.41, 5.74) is 9.79. The number of hydrogen-bond acceptors (Lipinski definition) is 6. The van der Waals surface area contributed by atoms with Crippen LogP contribution in [0.3, 0.4) is 0 Å². The summed E-state index contributed by atoms with van der Waals surface area (Å²) in [6.45, 7) is 1.87. The first-order chi connectivity index (χ1) is 15.0. The Balaban J connectivity index is 1.59. The van der Waals surface area contributed by atoms with Gasteiger partial charge in [0.25, 0.3) is 5.91 Å². The number of nitrogen functional groups attached to an aromatic ring is 1. The Bertz CT molecular complexity index is 1430. The average molecular weight is 433 g/mol. The average Bonchev–Trinajstić information content (AvgIpc) is 3.38. The van der Waals surface area contributed by atoms with E-state index in [4.69, 9.17) is 17.3 Å². The lowest BCUT2D eigenvalue weighted by atomic mass is 10.0. The number of aromatic nitrogens is 6. The minimum atomic E-state index is -0.424. The Morgan fingerprint density at radius 3 is 2.90 bits per heavy atom. The molecule has 0 saturated heterocycles. The van der Waals surface area contributed by atoms with Crippen molar-refractivity contribution >= 4 is 34.5 Å². The van der Waals surface area contributed by atoms with Crippen LogP contribution in [0.1, 0.15) is 28.9 Å². The number of halogens is 1. The molecule has 0 bridgehead atoms. The molecule has 0 aliphatic heterocycles. The summed E-state index contributed by atoms with van der Waals surface area (Å²) in [5, 5.41) is 12.1. The van der Waals surface area contributed by atoms with Crippen molar-refractivity contribution in [2.24, 2.45) is 0 Å². The highest BCUT2D eigenvalue weighted by atomic mass is 35.5. The van der Waals surface area contributed by atoms with Gasteiger partial charge in [0.1, 0.15) is 5.56 Å². The van der Waals surface area contributed by atoms with Crippen molar-refractivity contribution in [3.63, 3.8) is 0 Å². The maximum atomic E-state index is 13.1. The van der Waals surface area contributed by atoms with E-state index in [1.807, 2.05) is 31.2 Å². The molecule has 0 aromatic carbocycles. The Morgan fingerprint density at radius 2 is 2.10 bits per heavy atom. The monoisotopic (exact) mass is 432 g/mol. The molecule has 1 amide bonds. The van der Waals surface area contributed by atoms with Gasteiger partial charge >= 0.3 is 0 Å². The van der Waals surface area contributed by atoms with Crippen LogP contribution in [0.2, 0.25) is 5.02 Å². The molecule has 0 fully saturated rings. The number of fused-ring (bicyclic) bond motifs is 2. The van der Waals surface area contributed by atoms with E-state index in [0.29, 0.717) is 10.7 Å². The van der Waals surface area contributed by atoms with E-state index in [1.54, 1.807) is 41.6 Å². The quantitative estimate of drug-likeness (QED) is 0.450. The molecule has 0 saturated carbocycles. The van der Waals surface area contributed by atoms with Gasteiger partial charge in [-0.15, -0.1) is 5.10 Å². The Hall–Kier alpha value is -3.98. The van der Waals surface area contributed by atoms with Crippen LogP contribution in [-0.4, -0.2) is 35.1 Å². The summed E-state index contributed by atoms with van der Waals surface area (Å²) in [7, 11) is 0. The van der Waals surface area contributed by atoms with E-state index in [9.17, 15) is 4.79 Å². The summed E-state index contributed by atoms with van der Waals surface area (Å²) in [6, 6.07) is 8.74. The topological polar surface area (TPSA) is 116 Å². The molecule has 9 nitrogen and oxygen atoms in total. The van der Waals surface area contributed by atoms with Crippen LogP contribution < -0.4 is 11.1 Å². The number of pyridine rings is 2. The second-order valence-corrected chi connectivity index (χ2v) is 7.42. The third-order valence-corrected chi connectivity index (χ3v) is 5.36. The standard InChI is InChI=1S/C21H17ClN8O/c1-12(27-21(31)17-19(23)28-29-9-3-7-25-20(17)29)14-10-15(22)16-5-8-26-30(16)18(14)13-4-2-6-24-11-13/h2-12H,1H3,(H2,23,28)(H,27,31)/t12-/m0/s1. The summed E-state index contributed by atoms with van der Waals surface area (Å²) in [4.78, 5) is 21.6. The Labute approximate surface area is 181 Å². The van der Waals surface area contributed by atoms with Gasteiger partial charge in [0.2, 0.25) is 0 Å². The summed E-state index contributed by atoms with van der Waals surface area (Å²) >= 11 is 6.51. The van der Waals surface area contributed by atoms with Crippen LogP contribution in [0.5, 0.6) is 0 Å². The lowest BCUT2D eigenvalue weighted by molar-refractivity contribution is 0.0942. The normalized spacial score (nSPS) is 12.3. The largest absolute Gasteiger partial charge is 0.381 e. The number of nitrogens with two attached hydrogens (primary N) is 1. The number of amides is 1. The van der Waals surface area contributed by atoms with Crippen molar-refractivity contribution in [1.29, 1.82) is 0 Å². The Kier molecular flexibility index (Phi) is 4.52. The zero-order valence-electron chi connectivity index (χ0n) is 16.4. The van der Waals surface area contributed by atoms with E-state index in [-0.39, 0.29) is 17.3 Å². The van der Waals surface area contributed by atoms with Crippen molar-refractivity contribution in [3.05, 3.63) is 77.5 Å². The Morgan fingerprint density at radius 1 is 1.23 bits per heavy atom. The second kappa shape index (κ2) is 7.37. The summed E-state index contributed by atoms with van der Waals surface area (Å²) in [6.07, 6.45) is 8.40. The van der Waals surface area contributed by atoms with Crippen LogP contribution in [0.25, 0.3) is 22.4 Å². The van der Waals surface area contributed by atoms with Gasteiger partial charge in [0.05, 0.1) is 28.5 Å². The number of rotatable bonds is 4. The second-order valence-electron chi connectivity index (χ2n) is 7.01. The predicted octanol–water partition coefficient (Wildman–Crippen LogP) is 3.17. The van der Waals surface area contributed by atoms with Gasteiger partial charge < -0.3 is 11.1 Å². The highest BCUT2D eigenvalue weighted by Crippen LogP contribution is 2.33. The fourth-order valence-electron chi connectivity index (χ4n) is 3.65. The SMILES string of the molecule is C[C@H](NC(=O)c1c(N)nn2cccnc12)c1cc(Cl)c2ccnn2c1-c1cccnc1. The predicted molar refractivity (Wildman–Crippen MR) is 117 cm³/mol. The number of hydrogen-bond donors (Lipinski definition) is 2. The summed E-state index contributed by atoms with van der Waals surface area (Å²) in [5.74, 6) is -0.274. The van der Waals surface area contributed by atoms with Gasteiger partial charge in [0.15, 0.2) is 11.5 Å². The van der Waals surface area contributed by atoms with Crippen molar-refractivity contribution in [1.82, 2.24) is 34.5 Å². The molecule has 5 rings (SSSR count). The van der Waals surface area contributed by atoms with E-state index < -0.39 is 6.04 Å². The van der Waals surface area contributed by atoms with Gasteiger partial charge in [-0.1, -0.05) is 11.6 Å². The molecule has 10 heteroatoms. The first kappa shape index (κ1) is 19.0. The molecule has 0 radical (unpaired) electrons. The molecule has 31 heavy (non-hydrogen) atoms. The van der Waals surface area contributed by atoms with Gasteiger partial charge in [0, 0.05) is 35.9 Å². The highest BCUT2D eigenvalue weighted by molar-refractivity contribution is 6.34. The van der Waals surface area contributed by atoms with E-state index >= 15 is 0 Å². The number of carbonyl (C=O) groups excluding carboxylic acids is 1. The van der Waals surface area contributed by atoms with Crippen molar-refractivity contribution < 1.29 is 4.79 Å². The minimum Gasteiger partial charge on any atom is -0.381 e. The molecule has 0 aliphatic carbocycles. The summed E-state index contributed by atoms with van der Waals surface area (Å²) < 4.78 is 3.23. The maximum absolute atomic E-state index is 13.1. The molecule has 5 heterocycles. The number of carbonyl (C=O) groups is 1. The molecule has 3 N–H and O–H groups in total. The zero-order chi connectivity index (χ0) is 21.5. The molecule has 0 unspecified atom stereocenters. The molecule has 154 valence electrons. The van der Waals surface area contributed by atoms with Gasteiger partial charge in [-0.3, -0.25) is 9.78 Å². The fraction of sp³-hybridized carbons (Fsp3) is 0.0952. The van der Waals surface area contributed by atoms with Crippen molar-refractivity contribution in [2.45, 2.75) is 13.0 Å². The van der Waals surface area contributed by atoms with Crippen LogP contribution in [0, 0.1) is 0 Å². The van der Waals surface area contributed by atoms with Crippen LogP contribution in [-0.2, 0) is 0 Å². The van der Waals surface area contributed by atoms with Gasteiger partial charge in [-0.05, 0) is 37.3 Å². The molecule has 5 aromatic rings. The van der Waals surface area contributed by atoms with E-state index in [1.165, 1.54) is 4.52 Å². The first-order valence-corrected chi connectivity index (χ1v) is 9.88. The molecule has 5 aromatic heterocycles. The molecular formula is C21H17ClN8O. The van der Waals surface area contributed by atoms with Crippen LogP contribution >= 0.6 is 11.6 Å². The smallest absolute Gasteiger partial charge is 0.259 e. The molecule has 1 atom stereocenters. The molecule has 0 spiro atoms. The first-order valence-electron chi connectivity index (χ1n) is 9.51. The molecular weight excluding hydrogens is 416 g/mol. The third-order valence-electron chi connectivity index (χ3n) is 5.05. The number of anilines is 1. The number of nitrogens with zero attached hydrogens (tertiary/aromatic N) is 6. The zero-order valence-corrected chi connectivity index (χ0v) is 17.2. The number of nitrogens with one attached hydrogen (secondary N) is 1. The van der Waals surface area contributed by atoms with Crippen LogP contribution in [0.15, 0.2) is 61.3 Å². The van der Waals surface area contributed by atoms with Crippen molar-refractivity contribution in [2.75, 3.05) is 5.73 Å². The van der Waals surface area contributed by atoms with Gasteiger partial charge in [-0.25, -0.2) is 14.0 Å². The van der Waals surface area contributed by atoms with E-state index in [0.717, 1.165) is 22.3 Å². The van der Waals surface area contributed by atoms with Crippen LogP contribution in [0.4, 0.5) is 5.82 Å². The lowest BCUT2D eigenvalue weighted by Gasteiger charge is -2.20. The fourth-order valence-corrected chi connectivity index (χ4v) is 3.91. The van der Waals surface area contributed by atoms with Gasteiger partial charge in [-0.2, -0.15) is 5.10 Å². The highest BCUT2D eigenvalue weighted by Gasteiger charge is 2.24.